The van der Waals surface area contributed by atoms with Crippen molar-refractivity contribution in [2.75, 3.05) is 12.4 Å². The first kappa shape index (κ1) is 13.4. The molecule has 1 fully saturated rings. The van der Waals surface area contributed by atoms with Gasteiger partial charge in [0, 0.05) is 6.42 Å². The Kier molecular flexibility index (Phi) is 4.04. The molecule has 1 aliphatic rings. The van der Waals surface area contributed by atoms with Crippen molar-refractivity contribution in [2.24, 2.45) is 5.92 Å². The largest absolute Gasteiger partial charge is 0.495 e. The minimum Gasteiger partial charge on any atom is -0.495 e. The third-order valence-electron chi connectivity index (χ3n) is 3.20. The average molecular weight is 263 g/mol. The van der Waals surface area contributed by atoms with Gasteiger partial charge in [-0.15, -0.1) is 0 Å². The van der Waals surface area contributed by atoms with E-state index in [9.17, 15) is 9.59 Å². The number of benzene rings is 1. The van der Waals surface area contributed by atoms with E-state index in [0.29, 0.717) is 17.9 Å². The number of para-hydroxylation sites is 2. The van der Waals surface area contributed by atoms with Crippen LogP contribution in [0.25, 0.3) is 0 Å². The molecule has 5 nitrogen and oxygen atoms in total. The molecule has 1 aromatic rings. The number of rotatable bonds is 4. The Labute approximate surface area is 111 Å². The lowest BCUT2D eigenvalue weighted by Crippen LogP contribution is -2.26. The number of hydrogen-bond acceptors (Lipinski definition) is 4. The number of hydrogen-bond donors (Lipinski definition) is 1. The molecule has 0 aromatic heterocycles. The minimum atomic E-state index is -0.727. The zero-order chi connectivity index (χ0) is 13.8. The molecular weight excluding hydrogens is 246 g/mol. The fraction of sp³-hybridized carbons (Fsp3) is 0.429. The monoisotopic (exact) mass is 263 g/mol. The predicted molar refractivity (Wildman–Crippen MR) is 69.9 cm³/mol. The van der Waals surface area contributed by atoms with E-state index < -0.39 is 11.9 Å². The summed E-state index contributed by atoms with van der Waals surface area (Å²) in [6.07, 6.45) is 1.02. The summed E-state index contributed by atoms with van der Waals surface area (Å²) in [7, 11) is 1.53. The summed E-state index contributed by atoms with van der Waals surface area (Å²) in [6.45, 7) is 1.93. The highest BCUT2D eigenvalue weighted by Gasteiger charge is 2.38. The van der Waals surface area contributed by atoms with Gasteiger partial charge in [0.2, 0.25) is 5.91 Å². The zero-order valence-electron chi connectivity index (χ0n) is 11.0. The number of esters is 1. The van der Waals surface area contributed by atoms with Gasteiger partial charge in [0.1, 0.15) is 17.8 Å². The van der Waals surface area contributed by atoms with Crippen LogP contribution in [-0.2, 0) is 14.3 Å². The quantitative estimate of drug-likeness (QED) is 0.666. The lowest BCUT2D eigenvalue weighted by Gasteiger charge is -2.11. The van der Waals surface area contributed by atoms with E-state index in [-0.39, 0.29) is 12.0 Å². The molecule has 5 heteroatoms. The van der Waals surface area contributed by atoms with E-state index >= 15 is 0 Å². The van der Waals surface area contributed by atoms with Gasteiger partial charge in [-0.25, -0.2) is 0 Å². The first-order valence-corrected chi connectivity index (χ1v) is 6.30. The summed E-state index contributed by atoms with van der Waals surface area (Å²) in [6, 6.07) is 7.08. The van der Waals surface area contributed by atoms with Crippen molar-refractivity contribution in [3.8, 4) is 5.75 Å². The number of methoxy groups -OCH3 is 1. The van der Waals surface area contributed by atoms with Crippen LogP contribution in [0.2, 0.25) is 0 Å². The molecule has 0 spiro atoms. The molecule has 1 aromatic carbocycles. The Hall–Kier alpha value is -2.04. The molecule has 1 amide bonds. The number of carbonyl (C=O) groups is 2. The van der Waals surface area contributed by atoms with Gasteiger partial charge in [-0.05, 0) is 18.6 Å². The minimum absolute atomic E-state index is 0.152. The second-order valence-corrected chi connectivity index (χ2v) is 4.44. The van der Waals surface area contributed by atoms with Crippen molar-refractivity contribution in [3.63, 3.8) is 0 Å². The molecule has 1 saturated heterocycles. The van der Waals surface area contributed by atoms with Gasteiger partial charge < -0.3 is 14.8 Å². The standard InChI is InChI=1S/C14H17NO4/c1-3-9-8-10(14(17)19-9)13(16)15-11-6-4-5-7-12(11)18-2/h4-7,9-10H,3,8H2,1-2H3,(H,15,16)/t9-,10-/m0/s1. The molecule has 0 unspecified atom stereocenters. The van der Waals surface area contributed by atoms with Crippen LogP contribution in [0.15, 0.2) is 24.3 Å². The number of amides is 1. The summed E-state index contributed by atoms with van der Waals surface area (Å²) in [5.74, 6) is -0.950. The Bertz CT molecular complexity index is 486. The summed E-state index contributed by atoms with van der Waals surface area (Å²) in [5.41, 5.74) is 0.558. The summed E-state index contributed by atoms with van der Waals surface area (Å²) in [4.78, 5) is 23.7. The van der Waals surface area contributed by atoms with Crippen LogP contribution >= 0.6 is 0 Å². The molecule has 19 heavy (non-hydrogen) atoms. The molecule has 0 radical (unpaired) electrons. The first-order valence-electron chi connectivity index (χ1n) is 6.30. The highest BCUT2D eigenvalue weighted by Crippen LogP contribution is 2.27. The second-order valence-electron chi connectivity index (χ2n) is 4.44. The maximum Gasteiger partial charge on any atom is 0.318 e. The van der Waals surface area contributed by atoms with Gasteiger partial charge >= 0.3 is 5.97 Å². The van der Waals surface area contributed by atoms with Crippen LogP contribution < -0.4 is 10.1 Å². The Morgan fingerprint density at radius 2 is 2.21 bits per heavy atom. The topological polar surface area (TPSA) is 64.6 Å². The van der Waals surface area contributed by atoms with Crippen LogP contribution in [0.3, 0.4) is 0 Å². The van der Waals surface area contributed by atoms with E-state index in [0.717, 1.165) is 6.42 Å². The summed E-state index contributed by atoms with van der Waals surface area (Å²) in [5, 5.41) is 2.71. The summed E-state index contributed by atoms with van der Waals surface area (Å²) < 4.78 is 10.3. The van der Waals surface area contributed by atoms with Crippen molar-refractivity contribution in [1.29, 1.82) is 0 Å². The van der Waals surface area contributed by atoms with Crippen LogP contribution in [-0.4, -0.2) is 25.1 Å². The van der Waals surface area contributed by atoms with Gasteiger partial charge in [-0.1, -0.05) is 19.1 Å². The zero-order valence-corrected chi connectivity index (χ0v) is 11.0. The molecular formula is C14H17NO4. The Morgan fingerprint density at radius 1 is 1.47 bits per heavy atom. The van der Waals surface area contributed by atoms with Gasteiger partial charge in [0.15, 0.2) is 0 Å². The second kappa shape index (κ2) is 5.73. The van der Waals surface area contributed by atoms with Crippen LogP contribution in [0.4, 0.5) is 5.69 Å². The number of anilines is 1. The van der Waals surface area contributed by atoms with E-state index in [1.807, 2.05) is 13.0 Å². The molecule has 1 aliphatic heterocycles. The Balaban J connectivity index is 2.07. The third-order valence-corrected chi connectivity index (χ3v) is 3.20. The lowest BCUT2D eigenvalue weighted by atomic mass is 10.0. The van der Waals surface area contributed by atoms with Gasteiger partial charge in [0.25, 0.3) is 0 Å². The fourth-order valence-corrected chi connectivity index (χ4v) is 2.09. The maximum absolute atomic E-state index is 12.1. The normalized spacial score (nSPS) is 21.9. The van der Waals surface area contributed by atoms with Crippen LogP contribution in [0.5, 0.6) is 5.75 Å². The summed E-state index contributed by atoms with van der Waals surface area (Å²) >= 11 is 0. The first-order chi connectivity index (χ1) is 9.15. The highest BCUT2D eigenvalue weighted by molar-refractivity contribution is 6.06. The molecule has 0 saturated carbocycles. The maximum atomic E-state index is 12.1. The molecule has 102 valence electrons. The van der Waals surface area contributed by atoms with Gasteiger partial charge in [0.05, 0.1) is 12.8 Å². The fourth-order valence-electron chi connectivity index (χ4n) is 2.09. The average Bonchev–Trinajstić information content (AvgIpc) is 2.80. The molecule has 2 atom stereocenters. The number of ether oxygens (including phenoxy) is 2. The smallest absolute Gasteiger partial charge is 0.318 e. The van der Waals surface area contributed by atoms with Gasteiger partial charge in [-0.2, -0.15) is 0 Å². The van der Waals surface area contributed by atoms with Crippen molar-refractivity contribution >= 4 is 17.6 Å². The van der Waals surface area contributed by atoms with Crippen LogP contribution in [0.1, 0.15) is 19.8 Å². The van der Waals surface area contributed by atoms with Crippen molar-refractivity contribution < 1.29 is 19.1 Å². The van der Waals surface area contributed by atoms with E-state index in [1.165, 1.54) is 7.11 Å². The van der Waals surface area contributed by atoms with E-state index in [1.54, 1.807) is 18.2 Å². The number of carbonyl (C=O) groups excluding carboxylic acids is 2. The third kappa shape index (κ3) is 2.86. The van der Waals surface area contributed by atoms with Gasteiger partial charge in [-0.3, -0.25) is 9.59 Å². The molecule has 1 N–H and O–H groups in total. The van der Waals surface area contributed by atoms with Crippen molar-refractivity contribution in [1.82, 2.24) is 0 Å². The SMILES string of the molecule is CC[C@H]1C[C@@H](C(=O)Nc2ccccc2OC)C(=O)O1. The van der Waals surface area contributed by atoms with Crippen LogP contribution in [0, 0.1) is 5.92 Å². The molecule has 0 aliphatic carbocycles. The lowest BCUT2D eigenvalue weighted by molar-refractivity contribution is -0.146. The molecule has 2 rings (SSSR count). The molecule has 0 bridgehead atoms. The van der Waals surface area contributed by atoms with Crippen molar-refractivity contribution in [2.45, 2.75) is 25.9 Å². The highest BCUT2D eigenvalue weighted by atomic mass is 16.6. The number of cyclic esters (lactones) is 1. The van der Waals surface area contributed by atoms with Crippen molar-refractivity contribution in [3.05, 3.63) is 24.3 Å². The van der Waals surface area contributed by atoms with E-state index in [2.05, 4.69) is 5.32 Å². The predicted octanol–water partition coefficient (Wildman–Crippen LogP) is 1.98. The molecule has 1 heterocycles. The van der Waals surface area contributed by atoms with E-state index in [4.69, 9.17) is 9.47 Å². The Morgan fingerprint density at radius 3 is 2.84 bits per heavy atom. The number of nitrogens with one attached hydrogen (secondary N) is 1.